The van der Waals surface area contributed by atoms with Crippen molar-refractivity contribution in [2.75, 3.05) is 6.26 Å². The van der Waals surface area contributed by atoms with E-state index in [1.165, 1.54) is 6.07 Å². The molecular formula is C11H10N2O3S. The Morgan fingerprint density at radius 3 is 2.53 bits per heavy atom. The summed E-state index contributed by atoms with van der Waals surface area (Å²) < 4.78 is 22.7. The van der Waals surface area contributed by atoms with Gasteiger partial charge in [-0.25, -0.2) is 13.4 Å². The summed E-state index contributed by atoms with van der Waals surface area (Å²) in [5.41, 5.74) is 5.98. The zero-order chi connectivity index (χ0) is 12.6. The first-order valence-corrected chi connectivity index (χ1v) is 6.68. The summed E-state index contributed by atoms with van der Waals surface area (Å²) in [6.45, 7) is 0. The number of carbonyl (C=O) groups is 1. The maximum absolute atomic E-state index is 11.3. The van der Waals surface area contributed by atoms with Gasteiger partial charge in [0.25, 0.3) is 0 Å². The van der Waals surface area contributed by atoms with Gasteiger partial charge in [-0.2, -0.15) is 0 Å². The molecule has 0 aliphatic heterocycles. The van der Waals surface area contributed by atoms with Crippen molar-refractivity contribution in [2.24, 2.45) is 5.73 Å². The molecule has 0 unspecified atom stereocenters. The molecule has 2 rings (SSSR count). The van der Waals surface area contributed by atoms with Gasteiger partial charge in [-0.15, -0.1) is 0 Å². The smallest absolute Gasteiger partial charge is 0.249 e. The summed E-state index contributed by atoms with van der Waals surface area (Å²) in [4.78, 5) is 15.2. The molecule has 0 saturated carbocycles. The molecule has 1 aromatic heterocycles. The van der Waals surface area contributed by atoms with Crippen molar-refractivity contribution in [1.29, 1.82) is 0 Å². The SMILES string of the molecule is CS(=O)(=O)c1ccc2c(C(N)=O)cccc2n1. The molecule has 0 fully saturated rings. The fourth-order valence-corrected chi connectivity index (χ4v) is 2.14. The zero-order valence-electron chi connectivity index (χ0n) is 9.04. The highest BCUT2D eigenvalue weighted by Gasteiger charge is 2.12. The first kappa shape index (κ1) is 11.5. The third kappa shape index (κ3) is 2.12. The van der Waals surface area contributed by atoms with E-state index in [1.54, 1.807) is 24.3 Å². The van der Waals surface area contributed by atoms with Gasteiger partial charge in [0.05, 0.1) is 5.52 Å². The largest absolute Gasteiger partial charge is 0.366 e. The van der Waals surface area contributed by atoms with Gasteiger partial charge in [0.2, 0.25) is 5.91 Å². The Morgan fingerprint density at radius 2 is 1.94 bits per heavy atom. The van der Waals surface area contributed by atoms with E-state index in [1.807, 2.05) is 0 Å². The highest BCUT2D eigenvalue weighted by Crippen LogP contribution is 2.19. The van der Waals surface area contributed by atoms with Gasteiger partial charge in [0.15, 0.2) is 14.9 Å². The number of pyridine rings is 1. The molecule has 0 atom stereocenters. The molecule has 6 heteroatoms. The molecule has 88 valence electrons. The van der Waals surface area contributed by atoms with Crippen LogP contribution in [0.1, 0.15) is 10.4 Å². The van der Waals surface area contributed by atoms with Crippen LogP contribution >= 0.6 is 0 Å². The fraction of sp³-hybridized carbons (Fsp3) is 0.0909. The number of hydrogen-bond donors (Lipinski definition) is 1. The Hall–Kier alpha value is -1.95. The molecule has 0 spiro atoms. The number of amides is 1. The van der Waals surface area contributed by atoms with Crippen LogP contribution in [0.15, 0.2) is 35.4 Å². The van der Waals surface area contributed by atoms with E-state index in [0.717, 1.165) is 6.26 Å². The van der Waals surface area contributed by atoms with E-state index in [-0.39, 0.29) is 5.03 Å². The third-order valence-corrected chi connectivity index (χ3v) is 3.34. The van der Waals surface area contributed by atoms with Crippen LogP contribution in [0.4, 0.5) is 0 Å². The number of primary amides is 1. The van der Waals surface area contributed by atoms with Crippen molar-refractivity contribution in [1.82, 2.24) is 4.98 Å². The maximum atomic E-state index is 11.3. The van der Waals surface area contributed by atoms with Crippen molar-refractivity contribution >= 4 is 26.6 Å². The normalized spacial score (nSPS) is 11.6. The highest BCUT2D eigenvalue weighted by atomic mass is 32.2. The van der Waals surface area contributed by atoms with E-state index in [4.69, 9.17) is 5.73 Å². The summed E-state index contributed by atoms with van der Waals surface area (Å²) in [6, 6.07) is 7.73. The number of carbonyl (C=O) groups excluding carboxylic acids is 1. The molecule has 0 radical (unpaired) electrons. The number of fused-ring (bicyclic) bond motifs is 1. The maximum Gasteiger partial charge on any atom is 0.249 e. The lowest BCUT2D eigenvalue weighted by Gasteiger charge is -2.04. The molecule has 0 aliphatic carbocycles. The average molecular weight is 250 g/mol. The Bertz CT molecular complexity index is 708. The second-order valence-corrected chi connectivity index (χ2v) is 5.62. The summed E-state index contributed by atoms with van der Waals surface area (Å²) in [6.07, 6.45) is 1.08. The van der Waals surface area contributed by atoms with Crippen LogP contribution in [0.25, 0.3) is 10.9 Å². The minimum Gasteiger partial charge on any atom is -0.366 e. The van der Waals surface area contributed by atoms with Crippen molar-refractivity contribution < 1.29 is 13.2 Å². The number of rotatable bonds is 2. The predicted molar refractivity (Wildman–Crippen MR) is 63.4 cm³/mol. The summed E-state index contributed by atoms with van der Waals surface area (Å²) in [5.74, 6) is -0.565. The monoisotopic (exact) mass is 250 g/mol. The molecule has 0 saturated heterocycles. The molecule has 1 amide bonds. The molecule has 2 aromatic rings. The minimum absolute atomic E-state index is 0.0216. The number of aromatic nitrogens is 1. The zero-order valence-corrected chi connectivity index (χ0v) is 9.86. The van der Waals surface area contributed by atoms with Gasteiger partial charge in [-0.3, -0.25) is 4.79 Å². The van der Waals surface area contributed by atoms with Crippen LogP contribution in [-0.4, -0.2) is 25.6 Å². The second kappa shape index (κ2) is 3.81. The molecular weight excluding hydrogens is 240 g/mol. The summed E-state index contributed by atoms with van der Waals surface area (Å²) in [7, 11) is -3.35. The predicted octanol–water partition coefficient (Wildman–Crippen LogP) is 0.737. The van der Waals surface area contributed by atoms with E-state index in [2.05, 4.69) is 4.98 Å². The first-order chi connectivity index (χ1) is 7.89. The van der Waals surface area contributed by atoms with Crippen LogP contribution < -0.4 is 5.73 Å². The highest BCUT2D eigenvalue weighted by molar-refractivity contribution is 7.90. The number of benzene rings is 1. The van der Waals surface area contributed by atoms with Gasteiger partial charge < -0.3 is 5.73 Å². The van der Waals surface area contributed by atoms with E-state index >= 15 is 0 Å². The van der Waals surface area contributed by atoms with Crippen molar-refractivity contribution in [3.05, 3.63) is 35.9 Å². The third-order valence-electron chi connectivity index (χ3n) is 2.35. The number of nitrogens with two attached hydrogens (primary N) is 1. The lowest BCUT2D eigenvalue weighted by Crippen LogP contribution is -2.11. The topological polar surface area (TPSA) is 90.1 Å². The first-order valence-electron chi connectivity index (χ1n) is 4.79. The molecule has 2 N–H and O–H groups in total. The van der Waals surface area contributed by atoms with Gasteiger partial charge in [-0.05, 0) is 24.3 Å². The second-order valence-electron chi connectivity index (χ2n) is 3.66. The van der Waals surface area contributed by atoms with Crippen molar-refractivity contribution in [2.45, 2.75) is 5.03 Å². The van der Waals surface area contributed by atoms with Gasteiger partial charge >= 0.3 is 0 Å². The van der Waals surface area contributed by atoms with Gasteiger partial charge in [-0.1, -0.05) is 6.07 Å². The lowest BCUT2D eigenvalue weighted by molar-refractivity contribution is 0.100. The van der Waals surface area contributed by atoms with Crippen LogP contribution in [0.5, 0.6) is 0 Å². The van der Waals surface area contributed by atoms with Crippen LogP contribution in [0.2, 0.25) is 0 Å². The summed E-state index contributed by atoms with van der Waals surface area (Å²) >= 11 is 0. The van der Waals surface area contributed by atoms with Gasteiger partial charge in [0, 0.05) is 17.2 Å². The van der Waals surface area contributed by atoms with Crippen LogP contribution in [0.3, 0.4) is 0 Å². The Kier molecular flexibility index (Phi) is 2.59. The Morgan fingerprint density at radius 1 is 1.24 bits per heavy atom. The molecule has 5 nitrogen and oxygen atoms in total. The number of nitrogens with zero attached hydrogens (tertiary/aromatic N) is 1. The van der Waals surface area contributed by atoms with Crippen LogP contribution in [-0.2, 0) is 9.84 Å². The molecule has 0 bridgehead atoms. The Labute approximate surface area is 98.2 Å². The number of hydrogen-bond acceptors (Lipinski definition) is 4. The van der Waals surface area contributed by atoms with E-state index in [9.17, 15) is 13.2 Å². The van der Waals surface area contributed by atoms with Gasteiger partial charge in [0.1, 0.15) is 0 Å². The number of sulfone groups is 1. The van der Waals surface area contributed by atoms with Crippen molar-refractivity contribution in [3.8, 4) is 0 Å². The van der Waals surface area contributed by atoms with Crippen LogP contribution in [0, 0.1) is 0 Å². The molecule has 1 aromatic carbocycles. The lowest BCUT2D eigenvalue weighted by atomic mass is 10.1. The quantitative estimate of drug-likeness (QED) is 0.851. The van der Waals surface area contributed by atoms with Crippen molar-refractivity contribution in [3.63, 3.8) is 0 Å². The standard InChI is InChI=1S/C11H10N2O3S/c1-17(15,16)10-6-5-7-8(11(12)14)3-2-4-9(7)13-10/h2-6H,1H3,(H2,12,14). The molecule has 1 heterocycles. The van der Waals surface area contributed by atoms with E-state index < -0.39 is 15.7 Å². The summed E-state index contributed by atoms with van der Waals surface area (Å²) in [5, 5.41) is 0.527. The molecule has 0 aliphatic rings. The Balaban J connectivity index is 2.78. The van der Waals surface area contributed by atoms with E-state index in [0.29, 0.717) is 16.5 Å². The fourth-order valence-electron chi connectivity index (χ4n) is 1.56. The average Bonchev–Trinajstić information content (AvgIpc) is 2.26. The minimum atomic E-state index is -3.35. The molecule has 17 heavy (non-hydrogen) atoms.